The third-order valence-corrected chi connectivity index (χ3v) is 6.03. The summed E-state index contributed by atoms with van der Waals surface area (Å²) in [6, 6.07) is 10.7. The van der Waals surface area contributed by atoms with Gasteiger partial charge in [0.05, 0.1) is 36.9 Å². The number of carbonyl (C=O) groups excluding carboxylic acids is 2. The lowest BCUT2D eigenvalue weighted by Gasteiger charge is -2.22. The molecule has 186 valence electrons. The molecule has 10 nitrogen and oxygen atoms in total. The fourth-order valence-corrected chi connectivity index (χ4v) is 4.19. The molecule has 0 N–H and O–H groups in total. The van der Waals surface area contributed by atoms with E-state index >= 15 is 0 Å². The minimum absolute atomic E-state index is 0.195. The molecule has 4 heterocycles. The lowest BCUT2D eigenvalue weighted by Crippen LogP contribution is -2.38. The van der Waals surface area contributed by atoms with Crippen LogP contribution in [-0.4, -0.2) is 72.9 Å². The highest BCUT2D eigenvalue weighted by Gasteiger charge is 2.34. The highest BCUT2D eigenvalue weighted by molar-refractivity contribution is 5.95. The van der Waals surface area contributed by atoms with E-state index in [1.165, 1.54) is 6.08 Å². The van der Waals surface area contributed by atoms with E-state index in [2.05, 4.69) is 9.97 Å². The van der Waals surface area contributed by atoms with Gasteiger partial charge in [-0.25, -0.2) is 9.78 Å². The smallest absolute Gasteiger partial charge is 0.414 e. The third-order valence-electron chi connectivity index (χ3n) is 6.03. The number of pyridine rings is 2. The van der Waals surface area contributed by atoms with Gasteiger partial charge >= 0.3 is 6.09 Å². The molecule has 2 aliphatic rings. The monoisotopic (exact) mass is 490 g/mol. The first kappa shape index (κ1) is 23.4. The van der Waals surface area contributed by atoms with Crippen molar-refractivity contribution < 1.29 is 28.5 Å². The Balaban J connectivity index is 1.26. The number of ether oxygens (including phenoxy) is 4. The molecule has 0 aliphatic carbocycles. The van der Waals surface area contributed by atoms with Crippen molar-refractivity contribution in [2.24, 2.45) is 0 Å². The number of hydrogen-bond donors (Lipinski definition) is 0. The van der Waals surface area contributed by atoms with Crippen molar-refractivity contribution in [3.05, 3.63) is 54.2 Å². The third kappa shape index (κ3) is 4.74. The lowest BCUT2D eigenvalue weighted by atomic mass is 10.2. The van der Waals surface area contributed by atoms with E-state index in [4.69, 9.17) is 18.9 Å². The molecule has 1 fully saturated rings. The molecular weight excluding hydrogens is 464 g/mol. The van der Waals surface area contributed by atoms with Gasteiger partial charge in [-0.1, -0.05) is 0 Å². The molecule has 1 unspecified atom stereocenters. The number of carbonyl (C=O) groups is 2. The Hall–Kier alpha value is -4.34. The van der Waals surface area contributed by atoms with Crippen molar-refractivity contribution in [3.63, 3.8) is 0 Å². The van der Waals surface area contributed by atoms with Gasteiger partial charge in [0.15, 0.2) is 11.5 Å². The molecule has 3 aromatic rings. The first-order valence-corrected chi connectivity index (χ1v) is 11.7. The SMILES string of the molecule is CCN(CC1CN(c2ccc3c(c2)OCCO3)C(=O)O1)C(=O)C=Cc1ccnc2ccc(OC)nc12. The number of benzene rings is 1. The predicted molar refractivity (Wildman–Crippen MR) is 132 cm³/mol. The standard InChI is InChI=1S/C26H26N4O6/c1-3-29(24(31)9-4-17-10-11-27-20-6-8-23(33-2)28-25(17)20)15-19-16-30(26(32)36-19)18-5-7-21-22(14-18)35-13-12-34-21/h4-11,14,19H,3,12-13,15-16H2,1-2H3. The molecule has 1 saturated heterocycles. The largest absolute Gasteiger partial charge is 0.486 e. The summed E-state index contributed by atoms with van der Waals surface area (Å²) < 4.78 is 21.9. The summed E-state index contributed by atoms with van der Waals surface area (Å²) in [5, 5.41) is 0. The molecule has 5 rings (SSSR count). The Bertz CT molecular complexity index is 1330. The maximum Gasteiger partial charge on any atom is 0.414 e. The van der Waals surface area contributed by atoms with Crippen molar-refractivity contribution in [2.45, 2.75) is 13.0 Å². The molecule has 36 heavy (non-hydrogen) atoms. The summed E-state index contributed by atoms with van der Waals surface area (Å²) in [6.07, 6.45) is 3.95. The normalized spacial score (nSPS) is 16.9. The van der Waals surface area contributed by atoms with Gasteiger partial charge in [-0.15, -0.1) is 0 Å². The van der Waals surface area contributed by atoms with E-state index in [-0.39, 0.29) is 12.5 Å². The maximum atomic E-state index is 13.0. The van der Waals surface area contributed by atoms with Gasteiger partial charge in [0.1, 0.15) is 19.3 Å². The summed E-state index contributed by atoms with van der Waals surface area (Å²) in [5.74, 6) is 1.52. The van der Waals surface area contributed by atoms with Crippen LogP contribution >= 0.6 is 0 Å². The van der Waals surface area contributed by atoms with Gasteiger partial charge in [-0.05, 0) is 37.3 Å². The Kier molecular flexibility index (Phi) is 6.57. The van der Waals surface area contributed by atoms with Crippen LogP contribution in [0.25, 0.3) is 17.1 Å². The number of cyclic esters (lactones) is 1. The van der Waals surface area contributed by atoms with E-state index in [1.54, 1.807) is 59.5 Å². The number of methoxy groups -OCH3 is 1. The zero-order valence-electron chi connectivity index (χ0n) is 20.0. The minimum Gasteiger partial charge on any atom is -0.486 e. The Morgan fingerprint density at radius 3 is 2.83 bits per heavy atom. The number of likely N-dealkylation sites (N-methyl/N-ethyl adjacent to an activating group) is 1. The van der Waals surface area contributed by atoms with Crippen molar-refractivity contribution >= 4 is 34.8 Å². The topological polar surface area (TPSA) is 103 Å². The Morgan fingerprint density at radius 2 is 2.03 bits per heavy atom. The van der Waals surface area contributed by atoms with Gasteiger partial charge in [0.2, 0.25) is 11.8 Å². The van der Waals surface area contributed by atoms with Crippen LogP contribution in [0.5, 0.6) is 17.4 Å². The molecule has 2 aromatic heterocycles. The van der Waals surface area contributed by atoms with Gasteiger partial charge in [-0.2, -0.15) is 0 Å². The number of aromatic nitrogens is 2. The fraction of sp³-hybridized carbons (Fsp3) is 0.308. The Morgan fingerprint density at radius 1 is 1.19 bits per heavy atom. The molecule has 1 aromatic carbocycles. The maximum absolute atomic E-state index is 13.0. The number of nitrogens with zero attached hydrogens (tertiary/aromatic N) is 4. The molecule has 0 radical (unpaired) electrons. The van der Waals surface area contributed by atoms with Crippen LogP contribution in [0.1, 0.15) is 12.5 Å². The van der Waals surface area contributed by atoms with Gasteiger partial charge in [-0.3, -0.25) is 14.7 Å². The van der Waals surface area contributed by atoms with Crippen LogP contribution in [0.15, 0.2) is 48.7 Å². The molecule has 0 bridgehead atoms. The van der Waals surface area contributed by atoms with E-state index in [0.29, 0.717) is 60.4 Å². The van der Waals surface area contributed by atoms with E-state index < -0.39 is 12.2 Å². The van der Waals surface area contributed by atoms with Crippen LogP contribution in [0, 0.1) is 0 Å². The Labute approximate surface area is 208 Å². The molecule has 2 aliphatic heterocycles. The molecule has 0 spiro atoms. The van der Waals surface area contributed by atoms with Gasteiger partial charge in [0, 0.05) is 36.5 Å². The second kappa shape index (κ2) is 10.1. The second-order valence-corrected chi connectivity index (χ2v) is 8.28. The van der Waals surface area contributed by atoms with Crippen LogP contribution in [0.3, 0.4) is 0 Å². The van der Waals surface area contributed by atoms with Crippen LogP contribution in [0.4, 0.5) is 10.5 Å². The number of hydrogen-bond acceptors (Lipinski definition) is 8. The highest BCUT2D eigenvalue weighted by Crippen LogP contribution is 2.35. The molecule has 0 saturated carbocycles. The molecule has 2 amide bonds. The number of amides is 2. The first-order valence-electron chi connectivity index (χ1n) is 11.7. The first-order chi connectivity index (χ1) is 17.6. The van der Waals surface area contributed by atoms with Crippen molar-refractivity contribution in [2.75, 3.05) is 44.9 Å². The van der Waals surface area contributed by atoms with Crippen LogP contribution < -0.4 is 19.1 Å². The van der Waals surface area contributed by atoms with Crippen molar-refractivity contribution in [3.8, 4) is 17.4 Å². The average molecular weight is 491 g/mol. The lowest BCUT2D eigenvalue weighted by molar-refractivity contribution is -0.126. The van der Waals surface area contributed by atoms with Crippen molar-refractivity contribution in [1.82, 2.24) is 14.9 Å². The zero-order chi connectivity index (χ0) is 25.1. The van der Waals surface area contributed by atoms with E-state index in [1.807, 2.05) is 13.0 Å². The van der Waals surface area contributed by atoms with Gasteiger partial charge in [0.25, 0.3) is 0 Å². The molecule has 10 heteroatoms. The second-order valence-electron chi connectivity index (χ2n) is 8.28. The fourth-order valence-electron chi connectivity index (χ4n) is 4.19. The number of rotatable bonds is 7. The quantitative estimate of drug-likeness (QED) is 0.465. The predicted octanol–water partition coefficient (Wildman–Crippen LogP) is 3.30. The van der Waals surface area contributed by atoms with Crippen LogP contribution in [-0.2, 0) is 9.53 Å². The summed E-state index contributed by atoms with van der Waals surface area (Å²) in [7, 11) is 1.55. The summed E-state index contributed by atoms with van der Waals surface area (Å²) in [6.45, 7) is 3.90. The summed E-state index contributed by atoms with van der Waals surface area (Å²) >= 11 is 0. The van der Waals surface area contributed by atoms with E-state index in [0.717, 1.165) is 5.56 Å². The molecular formula is C26H26N4O6. The minimum atomic E-state index is -0.462. The highest BCUT2D eigenvalue weighted by atomic mass is 16.6. The van der Waals surface area contributed by atoms with Crippen LogP contribution in [0.2, 0.25) is 0 Å². The zero-order valence-corrected chi connectivity index (χ0v) is 20.0. The van der Waals surface area contributed by atoms with E-state index in [9.17, 15) is 9.59 Å². The number of anilines is 1. The van der Waals surface area contributed by atoms with Gasteiger partial charge < -0.3 is 23.8 Å². The molecule has 1 atom stereocenters. The average Bonchev–Trinajstić information content (AvgIpc) is 3.29. The summed E-state index contributed by atoms with van der Waals surface area (Å²) in [4.78, 5) is 37.5. The van der Waals surface area contributed by atoms with Crippen molar-refractivity contribution in [1.29, 1.82) is 0 Å². The number of fused-ring (bicyclic) bond motifs is 2. The summed E-state index contributed by atoms with van der Waals surface area (Å²) in [5.41, 5.74) is 2.76.